The van der Waals surface area contributed by atoms with Crippen LogP contribution in [0.15, 0.2) is 30.6 Å². The summed E-state index contributed by atoms with van der Waals surface area (Å²) >= 11 is 0. The Kier molecular flexibility index (Phi) is 4.70. The Morgan fingerprint density at radius 2 is 2.24 bits per heavy atom. The summed E-state index contributed by atoms with van der Waals surface area (Å²) in [4.78, 5) is 13.8. The van der Waals surface area contributed by atoms with Crippen LogP contribution in [0.2, 0.25) is 0 Å². The molecule has 0 unspecified atom stereocenters. The molecular formula is C15H19FN4O. The van der Waals surface area contributed by atoms with Crippen molar-refractivity contribution >= 4 is 11.6 Å². The number of aromatic nitrogens is 2. The smallest absolute Gasteiger partial charge is 0.238 e. The zero-order valence-corrected chi connectivity index (χ0v) is 12.4. The lowest BCUT2D eigenvalue weighted by Gasteiger charge is -2.15. The molecule has 112 valence electrons. The van der Waals surface area contributed by atoms with Gasteiger partial charge < -0.3 is 5.32 Å². The van der Waals surface area contributed by atoms with Crippen molar-refractivity contribution in [2.75, 3.05) is 18.9 Å². The van der Waals surface area contributed by atoms with Crippen molar-refractivity contribution in [1.82, 2.24) is 14.7 Å². The topological polar surface area (TPSA) is 50.2 Å². The summed E-state index contributed by atoms with van der Waals surface area (Å²) in [6.07, 6.45) is 3.67. The van der Waals surface area contributed by atoms with Gasteiger partial charge in [0.1, 0.15) is 5.82 Å². The summed E-state index contributed by atoms with van der Waals surface area (Å²) in [6, 6.07) is 4.66. The van der Waals surface area contributed by atoms with Crippen molar-refractivity contribution in [3.05, 3.63) is 47.5 Å². The van der Waals surface area contributed by atoms with Gasteiger partial charge in [-0.05, 0) is 31.7 Å². The van der Waals surface area contributed by atoms with Crippen molar-refractivity contribution < 1.29 is 9.18 Å². The zero-order chi connectivity index (χ0) is 15.4. The second-order valence-corrected chi connectivity index (χ2v) is 5.21. The molecule has 0 saturated heterocycles. The Hall–Kier alpha value is -2.21. The fourth-order valence-corrected chi connectivity index (χ4v) is 2.04. The third-order valence-corrected chi connectivity index (χ3v) is 3.08. The minimum absolute atomic E-state index is 0.176. The number of nitrogens with zero attached hydrogens (tertiary/aromatic N) is 3. The number of likely N-dealkylation sites (N-methyl/N-ethyl adjacent to an activating group) is 1. The van der Waals surface area contributed by atoms with E-state index in [4.69, 9.17) is 0 Å². The molecule has 1 aromatic heterocycles. The molecule has 0 fully saturated rings. The summed E-state index contributed by atoms with van der Waals surface area (Å²) in [7, 11) is 3.70. The van der Waals surface area contributed by atoms with Crippen LogP contribution in [0.3, 0.4) is 0 Å². The first-order chi connectivity index (χ1) is 9.94. The van der Waals surface area contributed by atoms with Crippen LogP contribution < -0.4 is 5.32 Å². The third kappa shape index (κ3) is 4.39. The van der Waals surface area contributed by atoms with Crippen LogP contribution in [-0.4, -0.2) is 34.2 Å². The lowest BCUT2D eigenvalue weighted by Crippen LogP contribution is -2.29. The maximum Gasteiger partial charge on any atom is 0.238 e. The Morgan fingerprint density at radius 3 is 2.86 bits per heavy atom. The molecule has 0 radical (unpaired) electrons. The molecule has 21 heavy (non-hydrogen) atoms. The van der Waals surface area contributed by atoms with Crippen LogP contribution in [0.4, 0.5) is 10.1 Å². The van der Waals surface area contributed by atoms with Crippen LogP contribution >= 0.6 is 0 Å². The highest BCUT2D eigenvalue weighted by Crippen LogP contribution is 2.13. The SMILES string of the molecule is Cc1ccc(NC(=O)CN(C)Cc2cnn(C)c2)cc1F. The van der Waals surface area contributed by atoms with Gasteiger partial charge in [-0.1, -0.05) is 6.07 Å². The second-order valence-electron chi connectivity index (χ2n) is 5.21. The largest absolute Gasteiger partial charge is 0.325 e. The minimum atomic E-state index is -0.323. The van der Waals surface area contributed by atoms with Crippen molar-refractivity contribution in [3.63, 3.8) is 0 Å². The van der Waals surface area contributed by atoms with Crippen LogP contribution in [-0.2, 0) is 18.4 Å². The standard InChI is InChI=1S/C15H19FN4O/c1-11-4-5-13(6-14(11)16)18-15(21)10-19(2)8-12-7-17-20(3)9-12/h4-7,9H,8,10H2,1-3H3,(H,18,21). The molecule has 0 spiro atoms. The van der Waals surface area contributed by atoms with Crippen LogP contribution in [0.5, 0.6) is 0 Å². The molecule has 0 atom stereocenters. The van der Waals surface area contributed by atoms with Gasteiger partial charge in [-0.25, -0.2) is 4.39 Å². The third-order valence-electron chi connectivity index (χ3n) is 3.08. The van der Waals surface area contributed by atoms with Gasteiger partial charge in [-0.2, -0.15) is 5.10 Å². The van der Waals surface area contributed by atoms with Gasteiger partial charge in [0.05, 0.1) is 12.7 Å². The van der Waals surface area contributed by atoms with E-state index in [1.165, 1.54) is 6.07 Å². The minimum Gasteiger partial charge on any atom is -0.325 e. The number of benzene rings is 1. The number of rotatable bonds is 5. The van der Waals surface area contributed by atoms with Gasteiger partial charge in [0.25, 0.3) is 0 Å². The Morgan fingerprint density at radius 1 is 1.48 bits per heavy atom. The fraction of sp³-hybridized carbons (Fsp3) is 0.333. The Labute approximate surface area is 123 Å². The number of hydrogen-bond acceptors (Lipinski definition) is 3. The molecule has 0 aliphatic heterocycles. The Bertz CT molecular complexity index is 638. The van der Waals surface area contributed by atoms with Gasteiger partial charge in [0.15, 0.2) is 0 Å². The fourth-order valence-electron chi connectivity index (χ4n) is 2.04. The van der Waals surface area contributed by atoms with Gasteiger partial charge in [0.2, 0.25) is 5.91 Å². The molecule has 2 aromatic rings. The van der Waals surface area contributed by atoms with Crippen molar-refractivity contribution in [2.24, 2.45) is 7.05 Å². The maximum absolute atomic E-state index is 13.4. The highest BCUT2D eigenvalue weighted by Gasteiger charge is 2.09. The molecule has 1 aromatic carbocycles. The summed E-state index contributed by atoms with van der Waals surface area (Å²) < 4.78 is 15.1. The lowest BCUT2D eigenvalue weighted by atomic mass is 10.2. The van der Waals surface area contributed by atoms with Gasteiger partial charge >= 0.3 is 0 Å². The van der Waals surface area contributed by atoms with Crippen LogP contribution in [0.25, 0.3) is 0 Å². The number of nitrogens with one attached hydrogen (secondary N) is 1. The zero-order valence-electron chi connectivity index (χ0n) is 12.4. The van der Waals surface area contributed by atoms with Gasteiger partial charge in [-0.3, -0.25) is 14.4 Å². The molecule has 0 aliphatic rings. The van der Waals surface area contributed by atoms with Crippen molar-refractivity contribution in [1.29, 1.82) is 0 Å². The van der Waals surface area contributed by atoms with E-state index in [2.05, 4.69) is 10.4 Å². The number of anilines is 1. The van der Waals surface area contributed by atoms with Crippen LogP contribution in [0.1, 0.15) is 11.1 Å². The predicted molar refractivity (Wildman–Crippen MR) is 79.3 cm³/mol. The summed E-state index contributed by atoms with van der Waals surface area (Å²) in [5.74, 6) is -0.499. The number of halogens is 1. The van der Waals surface area contributed by atoms with Crippen molar-refractivity contribution in [2.45, 2.75) is 13.5 Å². The highest BCUT2D eigenvalue weighted by atomic mass is 19.1. The van der Waals surface area contributed by atoms with E-state index in [-0.39, 0.29) is 18.3 Å². The number of carbonyl (C=O) groups is 1. The van der Waals surface area contributed by atoms with Gasteiger partial charge in [0, 0.05) is 31.0 Å². The normalized spacial score (nSPS) is 10.9. The van der Waals surface area contributed by atoms with Gasteiger partial charge in [-0.15, -0.1) is 0 Å². The molecule has 6 heteroatoms. The van der Waals surface area contributed by atoms with E-state index >= 15 is 0 Å². The van der Waals surface area contributed by atoms with E-state index in [9.17, 15) is 9.18 Å². The lowest BCUT2D eigenvalue weighted by molar-refractivity contribution is -0.117. The van der Waals surface area contributed by atoms with Crippen molar-refractivity contribution in [3.8, 4) is 0 Å². The maximum atomic E-state index is 13.4. The van der Waals surface area contributed by atoms with E-state index in [1.54, 1.807) is 29.9 Å². The summed E-state index contributed by atoms with van der Waals surface area (Å²) in [5, 5.41) is 6.77. The predicted octanol–water partition coefficient (Wildman–Crippen LogP) is 1.94. The first-order valence-electron chi connectivity index (χ1n) is 6.66. The molecule has 0 aliphatic carbocycles. The monoisotopic (exact) mass is 290 g/mol. The van der Waals surface area contributed by atoms with E-state index in [0.29, 0.717) is 17.8 Å². The quantitative estimate of drug-likeness (QED) is 0.915. The summed E-state index contributed by atoms with van der Waals surface area (Å²) in [6.45, 7) is 2.54. The van der Waals surface area contributed by atoms with E-state index in [0.717, 1.165) is 5.56 Å². The molecule has 1 heterocycles. The Balaban J connectivity index is 1.87. The van der Waals surface area contributed by atoms with Crippen LogP contribution in [0, 0.1) is 12.7 Å². The average Bonchev–Trinajstić information content (AvgIpc) is 2.79. The number of carbonyl (C=O) groups excluding carboxylic acids is 1. The number of amides is 1. The molecule has 1 N–H and O–H groups in total. The number of hydrogen-bond donors (Lipinski definition) is 1. The molecular weight excluding hydrogens is 271 g/mol. The molecule has 5 nitrogen and oxygen atoms in total. The summed E-state index contributed by atoms with van der Waals surface area (Å²) in [5.41, 5.74) is 2.06. The molecule has 0 saturated carbocycles. The molecule has 0 bridgehead atoms. The number of aryl methyl sites for hydroxylation is 2. The average molecular weight is 290 g/mol. The first-order valence-corrected chi connectivity index (χ1v) is 6.66. The van der Waals surface area contributed by atoms with E-state index in [1.807, 2.05) is 25.2 Å². The second kappa shape index (κ2) is 6.49. The first kappa shape index (κ1) is 15.2. The highest BCUT2D eigenvalue weighted by molar-refractivity contribution is 5.92. The molecule has 1 amide bonds. The molecule has 2 rings (SSSR count). The van der Waals surface area contributed by atoms with E-state index < -0.39 is 0 Å².